The molecule has 9 heteroatoms. The summed E-state index contributed by atoms with van der Waals surface area (Å²) in [5.41, 5.74) is 5.57. The number of amides is 1. The van der Waals surface area contributed by atoms with Crippen LogP contribution in [-0.4, -0.2) is 79.8 Å². The first-order chi connectivity index (χ1) is 10.1. The molecule has 3 N–H and O–H groups in total. The highest BCUT2D eigenvalue weighted by Gasteiger charge is 2.30. The Labute approximate surface area is 164 Å². The number of nitrogens with one attached hydrogen (secondary N) is 1. The normalized spacial score (nSPS) is 25.8. The van der Waals surface area contributed by atoms with Crippen molar-refractivity contribution in [3.63, 3.8) is 0 Å². The van der Waals surface area contributed by atoms with E-state index < -0.39 is 0 Å². The maximum atomic E-state index is 12.1. The minimum absolute atomic E-state index is 0. The van der Waals surface area contributed by atoms with Gasteiger partial charge in [0.25, 0.3) is 0 Å². The highest BCUT2D eigenvalue weighted by Crippen LogP contribution is 2.18. The van der Waals surface area contributed by atoms with Gasteiger partial charge in [-0.2, -0.15) is 0 Å². The largest absolute Gasteiger partial charge is 0.364 e. The van der Waals surface area contributed by atoms with Crippen LogP contribution in [0.5, 0.6) is 0 Å². The number of nitrogens with zero attached hydrogens (tertiary/aromatic N) is 2. The predicted molar refractivity (Wildman–Crippen MR) is 105 cm³/mol. The Morgan fingerprint density at radius 3 is 2.33 bits per heavy atom. The molecule has 2 aliphatic rings. The minimum Gasteiger partial charge on any atom is -0.364 e. The van der Waals surface area contributed by atoms with Gasteiger partial charge in [0.05, 0.1) is 6.10 Å². The van der Waals surface area contributed by atoms with Gasteiger partial charge in [-0.1, -0.05) is 6.92 Å². The SMILES string of the molecule is CCN1CCN(C(C)CNC(=O)[C@@H]2CC[C@H](CN)O2)CC1.Cl.Cl.Cl. The van der Waals surface area contributed by atoms with Crippen LogP contribution in [0.1, 0.15) is 26.7 Å². The van der Waals surface area contributed by atoms with E-state index in [0.29, 0.717) is 19.1 Å². The van der Waals surface area contributed by atoms with Crippen molar-refractivity contribution in [2.24, 2.45) is 5.73 Å². The van der Waals surface area contributed by atoms with Crippen LogP contribution in [0.15, 0.2) is 0 Å². The summed E-state index contributed by atoms with van der Waals surface area (Å²) in [7, 11) is 0. The Bertz CT molecular complexity index is 345. The summed E-state index contributed by atoms with van der Waals surface area (Å²) in [6.07, 6.45) is 1.43. The van der Waals surface area contributed by atoms with Crippen LogP contribution in [0, 0.1) is 0 Å². The smallest absolute Gasteiger partial charge is 0.249 e. The Balaban J connectivity index is 0. The number of halogens is 3. The van der Waals surface area contributed by atoms with E-state index in [0.717, 1.165) is 45.6 Å². The summed E-state index contributed by atoms with van der Waals surface area (Å²) in [5, 5.41) is 3.03. The molecule has 0 bridgehead atoms. The van der Waals surface area contributed by atoms with E-state index in [2.05, 4.69) is 29.0 Å². The average molecular weight is 408 g/mol. The van der Waals surface area contributed by atoms with E-state index in [9.17, 15) is 4.79 Å². The molecule has 146 valence electrons. The van der Waals surface area contributed by atoms with Crippen molar-refractivity contribution >= 4 is 43.1 Å². The van der Waals surface area contributed by atoms with Crippen molar-refractivity contribution in [1.82, 2.24) is 15.1 Å². The van der Waals surface area contributed by atoms with Gasteiger partial charge in [-0.15, -0.1) is 37.2 Å². The highest BCUT2D eigenvalue weighted by atomic mass is 35.5. The molecule has 1 amide bonds. The van der Waals surface area contributed by atoms with Crippen molar-refractivity contribution in [2.75, 3.05) is 45.8 Å². The lowest BCUT2D eigenvalue weighted by Crippen LogP contribution is -2.52. The second kappa shape index (κ2) is 13.4. The molecule has 2 aliphatic heterocycles. The topological polar surface area (TPSA) is 70.8 Å². The van der Waals surface area contributed by atoms with E-state index >= 15 is 0 Å². The molecule has 0 radical (unpaired) electrons. The fraction of sp³-hybridized carbons (Fsp3) is 0.933. The van der Waals surface area contributed by atoms with E-state index in [1.807, 2.05) is 0 Å². The number of carbonyl (C=O) groups excluding carboxylic acids is 1. The van der Waals surface area contributed by atoms with Crippen LogP contribution in [0.25, 0.3) is 0 Å². The first-order valence-corrected chi connectivity index (χ1v) is 8.23. The number of nitrogens with two attached hydrogens (primary N) is 1. The lowest BCUT2D eigenvalue weighted by Gasteiger charge is -2.37. The van der Waals surface area contributed by atoms with Crippen molar-refractivity contribution in [2.45, 2.75) is 44.9 Å². The molecule has 3 atom stereocenters. The molecule has 0 aromatic heterocycles. The third kappa shape index (κ3) is 7.60. The van der Waals surface area contributed by atoms with Crippen LogP contribution >= 0.6 is 37.2 Å². The Morgan fingerprint density at radius 2 is 1.83 bits per heavy atom. The molecule has 0 aliphatic carbocycles. The zero-order valence-electron chi connectivity index (χ0n) is 14.6. The molecule has 2 fully saturated rings. The second-order valence-electron chi connectivity index (χ2n) is 6.12. The van der Waals surface area contributed by atoms with Gasteiger partial charge in [-0.25, -0.2) is 0 Å². The lowest BCUT2D eigenvalue weighted by atomic mass is 10.2. The van der Waals surface area contributed by atoms with E-state index in [-0.39, 0.29) is 55.3 Å². The summed E-state index contributed by atoms with van der Waals surface area (Å²) in [4.78, 5) is 17.0. The molecular weight excluding hydrogens is 375 g/mol. The average Bonchev–Trinajstić information content (AvgIpc) is 3.01. The Morgan fingerprint density at radius 1 is 1.21 bits per heavy atom. The molecule has 2 heterocycles. The molecule has 6 nitrogen and oxygen atoms in total. The first-order valence-electron chi connectivity index (χ1n) is 8.23. The van der Waals surface area contributed by atoms with Gasteiger partial charge in [0, 0.05) is 45.3 Å². The first kappa shape index (κ1) is 26.4. The summed E-state index contributed by atoms with van der Waals surface area (Å²) in [5.74, 6) is 0.0185. The predicted octanol–water partition coefficient (Wildman–Crippen LogP) is 0.900. The molecular formula is C15H33Cl3N4O2. The van der Waals surface area contributed by atoms with E-state index in [4.69, 9.17) is 10.5 Å². The minimum atomic E-state index is -0.303. The van der Waals surface area contributed by atoms with Gasteiger partial charge in [-0.05, 0) is 26.3 Å². The quantitative estimate of drug-likeness (QED) is 0.684. The zero-order valence-corrected chi connectivity index (χ0v) is 17.1. The van der Waals surface area contributed by atoms with Gasteiger partial charge >= 0.3 is 0 Å². The van der Waals surface area contributed by atoms with Crippen molar-refractivity contribution in [3.05, 3.63) is 0 Å². The maximum absolute atomic E-state index is 12.1. The van der Waals surface area contributed by atoms with Gasteiger partial charge in [0.1, 0.15) is 6.10 Å². The second-order valence-corrected chi connectivity index (χ2v) is 6.12. The van der Waals surface area contributed by atoms with Crippen LogP contribution in [0.3, 0.4) is 0 Å². The maximum Gasteiger partial charge on any atom is 0.249 e. The van der Waals surface area contributed by atoms with Crippen molar-refractivity contribution < 1.29 is 9.53 Å². The van der Waals surface area contributed by atoms with Gasteiger partial charge in [0.15, 0.2) is 0 Å². The van der Waals surface area contributed by atoms with E-state index in [1.54, 1.807) is 0 Å². The number of likely N-dealkylation sites (N-methyl/N-ethyl adjacent to an activating group) is 1. The summed E-state index contributed by atoms with van der Waals surface area (Å²) >= 11 is 0. The van der Waals surface area contributed by atoms with Crippen molar-refractivity contribution in [3.8, 4) is 0 Å². The molecule has 1 unspecified atom stereocenters. The zero-order chi connectivity index (χ0) is 15.2. The summed E-state index contributed by atoms with van der Waals surface area (Å²) in [6, 6.07) is 0.375. The third-order valence-electron chi connectivity index (χ3n) is 4.71. The molecule has 2 saturated heterocycles. The standard InChI is InChI=1S/C15H30N4O2.3ClH/c1-3-18-6-8-19(9-7-18)12(2)11-17-15(20)14-5-4-13(10-16)21-14;;;/h12-14H,3-11,16H2,1-2H3,(H,17,20);3*1H/t12?,13-,14+;;;/m1.../s1. The number of hydrogen-bond acceptors (Lipinski definition) is 5. The van der Waals surface area contributed by atoms with Gasteiger partial charge in [-0.3, -0.25) is 9.69 Å². The third-order valence-corrected chi connectivity index (χ3v) is 4.71. The van der Waals surface area contributed by atoms with Crippen molar-refractivity contribution in [1.29, 1.82) is 0 Å². The molecule has 0 saturated carbocycles. The van der Waals surface area contributed by atoms with Gasteiger partial charge in [0.2, 0.25) is 5.91 Å². The fourth-order valence-corrected chi connectivity index (χ4v) is 3.08. The van der Waals surface area contributed by atoms with Crippen LogP contribution in [-0.2, 0) is 9.53 Å². The number of piperazine rings is 1. The summed E-state index contributed by atoms with van der Waals surface area (Å²) < 4.78 is 5.62. The van der Waals surface area contributed by atoms with Crippen LogP contribution in [0.4, 0.5) is 0 Å². The molecule has 24 heavy (non-hydrogen) atoms. The molecule has 0 aromatic rings. The monoisotopic (exact) mass is 406 g/mol. The number of rotatable bonds is 6. The highest BCUT2D eigenvalue weighted by molar-refractivity contribution is 5.86. The van der Waals surface area contributed by atoms with Gasteiger partial charge < -0.3 is 20.7 Å². The number of ether oxygens (including phenoxy) is 1. The lowest BCUT2D eigenvalue weighted by molar-refractivity contribution is -0.132. The number of carbonyl (C=O) groups is 1. The van der Waals surface area contributed by atoms with Crippen LogP contribution < -0.4 is 11.1 Å². The molecule has 0 aromatic carbocycles. The molecule has 2 rings (SSSR count). The molecule has 0 spiro atoms. The van der Waals surface area contributed by atoms with E-state index in [1.165, 1.54) is 0 Å². The fourth-order valence-electron chi connectivity index (χ4n) is 3.08. The summed E-state index contributed by atoms with van der Waals surface area (Å²) in [6.45, 7) is 11.1. The van der Waals surface area contributed by atoms with Crippen LogP contribution in [0.2, 0.25) is 0 Å². The Hall–Kier alpha value is 0.180. The Kier molecular flexibility index (Phi) is 14.7. The number of hydrogen-bond donors (Lipinski definition) is 2.